The normalized spacial score (nSPS) is 18.0. The fraction of sp³-hybridized carbons (Fsp3) is 0.250. The van der Waals surface area contributed by atoms with Crippen LogP contribution >= 0.6 is 0 Å². The fourth-order valence-electron chi connectivity index (χ4n) is 2.88. The van der Waals surface area contributed by atoms with Crippen LogP contribution in [0, 0.1) is 0 Å². The highest BCUT2D eigenvalue weighted by atomic mass is 16.5. The molecule has 1 atom stereocenters. The average molecular weight is 324 g/mol. The van der Waals surface area contributed by atoms with Crippen LogP contribution in [0.15, 0.2) is 36.7 Å². The number of rotatable bonds is 2. The lowest BCUT2D eigenvalue weighted by atomic mass is 10.1. The van der Waals surface area contributed by atoms with Crippen molar-refractivity contribution in [3.63, 3.8) is 0 Å². The maximum atomic E-state index is 12.9. The Hall–Kier alpha value is -3.00. The van der Waals surface area contributed by atoms with Gasteiger partial charge in [0.25, 0.3) is 5.91 Å². The summed E-state index contributed by atoms with van der Waals surface area (Å²) in [4.78, 5) is 22.8. The number of nitrogens with zero attached hydrogens (tertiary/aromatic N) is 4. The molecule has 2 aromatic heterocycles. The van der Waals surface area contributed by atoms with Crippen molar-refractivity contribution in [2.24, 2.45) is 0 Å². The molecule has 1 saturated heterocycles. The number of carbonyl (C=O) groups excluding carboxylic acids is 1. The van der Waals surface area contributed by atoms with Crippen molar-refractivity contribution < 1.29 is 9.53 Å². The summed E-state index contributed by atoms with van der Waals surface area (Å²) < 4.78 is 5.73. The van der Waals surface area contributed by atoms with E-state index in [9.17, 15) is 4.79 Å². The summed E-state index contributed by atoms with van der Waals surface area (Å²) in [6.07, 6.45) is 2.71. The van der Waals surface area contributed by atoms with E-state index in [-0.39, 0.29) is 12.0 Å². The van der Waals surface area contributed by atoms with E-state index in [0.29, 0.717) is 36.9 Å². The number of fused-ring (bicyclic) bond motifs is 1. The summed E-state index contributed by atoms with van der Waals surface area (Å²) in [5, 5.41) is 7.87. The van der Waals surface area contributed by atoms with E-state index in [1.807, 2.05) is 24.3 Å². The van der Waals surface area contributed by atoms with Gasteiger partial charge in [0.15, 0.2) is 5.69 Å². The number of nitrogens with one attached hydrogen (secondary N) is 1. The molecule has 4 rings (SSSR count). The number of amides is 1. The molecule has 24 heavy (non-hydrogen) atoms. The third-order valence-electron chi connectivity index (χ3n) is 4.09. The van der Waals surface area contributed by atoms with Gasteiger partial charge in [-0.1, -0.05) is 18.2 Å². The third kappa shape index (κ3) is 2.46. The van der Waals surface area contributed by atoms with Crippen molar-refractivity contribution >= 4 is 22.6 Å². The molecule has 3 heterocycles. The number of nitrogens with two attached hydrogens (primary N) is 1. The first-order chi connectivity index (χ1) is 11.7. The van der Waals surface area contributed by atoms with Gasteiger partial charge in [0.1, 0.15) is 17.6 Å². The van der Waals surface area contributed by atoms with Gasteiger partial charge in [0.2, 0.25) is 0 Å². The predicted octanol–water partition coefficient (Wildman–Crippen LogP) is 1.15. The SMILES string of the molecule is Nc1nccnc1[C@@H]1CN(C(=O)c2n[nH]c3ccccc23)CCO1. The number of carbonyl (C=O) groups is 1. The minimum Gasteiger partial charge on any atom is -0.382 e. The molecule has 122 valence electrons. The molecule has 1 amide bonds. The number of nitrogen functional groups attached to an aromatic ring is 1. The Kier molecular flexibility index (Phi) is 3.58. The molecule has 0 saturated carbocycles. The Morgan fingerprint density at radius 3 is 3.00 bits per heavy atom. The van der Waals surface area contributed by atoms with Crippen molar-refractivity contribution in [1.82, 2.24) is 25.1 Å². The predicted molar refractivity (Wildman–Crippen MR) is 87.1 cm³/mol. The van der Waals surface area contributed by atoms with Crippen LogP contribution in [0.1, 0.15) is 22.3 Å². The second-order valence-corrected chi connectivity index (χ2v) is 5.56. The Morgan fingerprint density at radius 1 is 1.29 bits per heavy atom. The maximum absolute atomic E-state index is 12.9. The molecule has 8 heteroatoms. The van der Waals surface area contributed by atoms with Crippen LogP contribution < -0.4 is 5.73 Å². The van der Waals surface area contributed by atoms with E-state index >= 15 is 0 Å². The lowest BCUT2D eigenvalue weighted by Crippen LogP contribution is -2.42. The first-order valence-corrected chi connectivity index (χ1v) is 7.64. The molecule has 0 aliphatic carbocycles. The van der Waals surface area contributed by atoms with Crippen LogP contribution in [-0.4, -0.2) is 50.7 Å². The van der Waals surface area contributed by atoms with Crippen LogP contribution in [-0.2, 0) is 4.74 Å². The lowest BCUT2D eigenvalue weighted by molar-refractivity contribution is -0.0246. The second-order valence-electron chi connectivity index (χ2n) is 5.56. The van der Waals surface area contributed by atoms with Crippen LogP contribution in [0.2, 0.25) is 0 Å². The van der Waals surface area contributed by atoms with E-state index < -0.39 is 0 Å². The van der Waals surface area contributed by atoms with Crippen molar-refractivity contribution in [3.8, 4) is 0 Å². The zero-order valence-electron chi connectivity index (χ0n) is 12.8. The van der Waals surface area contributed by atoms with Gasteiger partial charge in [-0.3, -0.25) is 14.9 Å². The molecule has 0 spiro atoms. The standard InChI is InChI=1S/C16H16N6O2/c17-15-14(18-5-6-19-15)12-9-22(7-8-24-12)16(23)13-10-3-1-2-4-11(10)20-21-13/h1-6,12H,7-9H2,(H2,17,19)(H,20,21)/t12-/m0/s1. The van der Waals surface area contributed by atoms with E-state index in [1.165, 1.54) is 6.20 Å². The molecule has 1 aliphatic heterocycles. The number of morpholine rings is 1. The molecule has 0 unspecified atom stereocenters. The average Bonchev–Trinajstić information content (AvgIpc) is 3.06. The van der Waals surface area contributed by atoms with E-state index in [0.717, 1.165) is 10.9 Å². The minimum absolute atomic E-state index is 0.136. The highest BCUT2D eigenvalue weighted by Crippen LogP contribution is 2.25. The third-order valence-corrected chi connectivity index (χ3v) is 4.09. The number of aromatic nitrogens is 4. The summed E-state index contributed by atoms with van der Waals surface area (Å²) in [6.45, 7) is 1.27. The molecule has 3 aromatic rings. The highest BCUT2D eigenvalue weighted by molar-refractivity contribution is 6.04. The molecule has 3 N–H and O–H groups in total. The minimum atomic E-state index is -0.387. The monoisotopic (exact) mass is 324 g/mol. The fourth-order valence-corrected chi connectivity index (χ4v) is 2.88. The quantitative estimate of drug-likeness (QED) is 0.731. The van der Waals surface area contributed by atoms with Crippen molar-refractivity contribution in [2.45, 2.75) is 6.10 Å². The molecule has 0 radical (unpaired) electrons. The van der Waals surface area contributed by atoms with Gasteiger partial charge in [-0.2, -0.15) is 5.10 Å². The molecule has 1 aromatic carbocycles. The smallest absolute Gasteiger partial charge is 0.275 e. The number of H-pyrrole nitrogens is 1. The Balaban J connectivity index is 1.60. The van der Waals surface area contributed by atoms with Crippen molar-refractivity contribution in [1.29, 1.82) is 0 Å². The summed E-state index contributed by atoms with van der Waals surface area (Å²) in [6, 6.07) is 7.56. The number of anilines is 1. The van der Waals surface area contributed by atoms with Crippen LogP contribution in [0.5, 0.6) is 0 Å². The molecule has 8 nitrogen and oxygen atoms in total. The molecular formula is C16H16N6O2. The van der Waals surface area contributed by atoms with E-state index in [4.69, 9.17) is 10.5 Å². The summed E-state index contributed by atoms with van der Waals surface area (Å²) in [7, 11) is 0. The molecule has 1 aliphatic rings. The second kappa shape index (κ2) is 5.89. The van der Waals surface area contributed by atoms with E-state index in [2.05, 4.69) is 20.2 Å². The van der Waals surface area contributed by atoms with Gasteiger partial charge in [0, 0.05) is 24.3 Å². The Morgan fingerprint density at radius 2 is 2.12 bits per heavy atom. The number of hydrogen-bond donors (Lipinski definition) is 2. The van der Waals surface area contributed by atoms with Gasteiger partial charge < -0.3 is 15.4 Å². The largest absolute Gasteiger partial charge is 0.382 e. The molecule has 0 bridgehead atoms. The highest BCUT2D eigenvalue weighted by Gasteiger charge is 2.30. The van der Waals surface area contributed by atoms with E-state index in [1.54, 1.807) is 11.1 Å². The Labute approximate surface area is 137 Å². The molecule has 1 fully saturated rings. The van der Waals surface area contributed by atoms with Gasteiger partial charge >= 0.3 is 0 Å². The first kappa shape index (κ1) is 14.6. The van der Waals surface area contributed by atoms with Crippen LogP contribution in [0.4, 0.5) is 5.82 Å². The number of ether oxygens (including phenoxy) is 1. The van der Waals surface area contributed by atoms with Gasteiger partial charge in [-0.25, -0.2) is 4.98 Å². The zero-order valence-corrected chi connectivity index (χ0v) is 12.8. The topological polar surface area (TPSA) is 110 Å². The Bertz CT molecular complexity index is 893. The van der Waals surface area contributed by atoms with Gasteiger partial charge in [-0.05, 0) is 6.07 Å². The zero-order chi connectivity index (χ0) is 16.5. The summed E-state index contributed by atoms with van der Waals surface area (Å²) >= 11 is 0. The van der Waals surface area contributed by atoms with Crippen molar-refractivity contribution in [3.05, 3.63) is 48.0 Å². The summed E-state index contributed by atoms with van der Waals surface area (Å²) in [5.41, 5.74) is 7.68. The van der Waals surface area contributed by atoms with Crippen LogP contribution in [0.25, 0.3) is 10.9 Å². The van der Waals surface area contributed by atoms with Crippen LogP contribution in [0.3, 0.4) is 0 Å². The lowest BCUT2D eigenvalue weighted by Gasteiger charge is -2.32. The number of benzene rings is 1. The first-order valence-electron chi connectivity index (χ1n) is 7.64. The summed E-state index contributed by atoms with van der Waals surface area (Å²) in [5.74, 6) is 0.185. The number of para-hydroxylation sites is 1. The van der Waals surface area contributed by atoms with Gasteiger partial charge in [-0.15, -0.1) is 0 Å². The number of aromatic amines is 1. The van der Waals surface area contributed by atoms with Crippen molar-refractivity contribution in [2.75, 3.05) is 25.4 Å². The number of hydrogen-bond acceptors (Lipinski definition) is 6. The molecular weight excluding hydrogens is 308 g/mol. The van der Waals surface area contributed by atoms with Gasteiger partial charge in [0.05, 0.1) is 18.7 Å². The maximum Gasteiger partial charge on any atom is 0.275 e.